The number of carbonyl (C=O) groups is 1. The molecule has 5 rings (SSSR count). The molecule has 0 spiro atoms. The monoisotopic (exact) mass is 503 g/mol. The third-order valence-electron chi connectivity index (χ3n) is 7.11. The number of alkyl halides is 3. The molecule has 190 valence electrons. The van der Waals surface area contributed by atoms with E-state index in [0.29, 0.717) is 12.0 Å². The van der Waals surface area contributed by atoms with E-state index in [1.807, 2.05) is 53.2 Å². The van der Waals surface area contributed by atoms with E-state index in [2.05, 4.69) is 29.5 Å². The maximum absolute atomic E-state index is 13.4. The molecule has 0 bridgehead atoms. The topological polar surface area (TPSA) is 46.9 Å². The second kappa shape index (κ2) is 10.2. The van der Waals surface area contributed by atoms with Crippen LogP contribution in [-0.4, -0.2) is 15.6 Å². The molecule has 3 unspecified atom stereocenters. The first-order valence-corrected chi connectivity index (χ1v) is 12.5. The van der Waals surface area contributed by atoms with Gasteiger partial charge < -0.3 is 5.32 Å². The quantitative estimate of drug-likeness (QED) is 0.262. The molecule has 0 saturated heterocycles. The van der Waals surface area contributed by atoms with E-state index in [4.69, 9.17) is 0 Å². The van der Waals surface area contributed by atoms with Crippen molar-refractivity contribution in [3.63, 3.8) is 0 Å². The zero-order valence-corrected chi connectivity index (χ0v) is 20.5. The van der Waals surface area contributed by atoms with Crippen LogP contribution in [0.4, 0.5) is 19.0 Å². The Kier molecular flexibility index (Phi) is 6.87. The van der Waals surface area contributed by atoms with E-state index in [1.165, 1.54) is 12.1 Å². The van der Waals surface area contributed by atoms with Gasteiger partial charge >= 0.3 is 6.18 Å². The van der Waals surface area contributed by atoms with Crippen LogP contribution in [0.2, 0.25) is 0 Å². The summed E-state index contributed by atoms with van der Waals surface area (Å²) in [5, 5.41) is 8.01. The van der Waals surface area contributed by atoms with Crippen LogP contribution in [-0.2, 0) is 6.18 Å². The van der Waals surface area contributed by atoms with Crippen LogP contribution in [0.1, 0.15) is 76.8 Å². The summed E-state index contributed by atoms with van der Waals surface area (Å²) in [6.45, 7) is 2.09. The van der Waals surface area contributed by atoms with Gasteiger partial charge in [0, 0.05) is 12.3 Å². The van der Waals surface area contributed by atoms with Gasteiger partial charge in [-0.1, -0.05) is 72.8 Å². The molecular weight excluding hydrogens is 475 g/mol. The molecule has 7 heteroatoms. The minimum absolute atomic E-state index is 0.0393. The van der Waals surface area contributed by atoms with Crippen molar-refractivity contribution in [3.8, 4) is 0 Å². The van der Waals surface area contributed by atoms with Gasteiger partial charge in [0.2, 0.25) is 0 Å². The molecule has 4 nitrogen and oxygen atoms in total. The third-order valence-corrected chi connectivity index (χ3v) is 7.11. The van der Waals surface area contributed by atoms with Crippen LogP contribution in [0.25, 0.3) is 0 Å². The Balaban J connectivity index is 1.37. The summed E-state index contributed by atoms with van der Waals surface area (Å²) in [6, 6.07) is 25.2. The van der Waals surface area contributed by atoms with Crippen molar-refractivity contribution in [3.05, 3.63) is 119 Å². The summed E-state index contributed by atoms with van der Waals surface area (Å²) in [5.41, 5.74) is 2.74. The average molecular weight is 504 g/mol. The molecule has 3 aromatic carbocycles. The normalized spacial score (nSPS) is 18.1. The Morgan fingerprint density at radius 1 is 0.973 bits per heavy atom. The van der Waals surface area contributed by atoms with Crippen LogP contribution in [0.15, 0.2) is 91.1 Å². The highest BCUT2D eigenvalue weighted by atomic mass is 19.4. The summed E-state index contributed by atoms with van der Waals surface area (Å²) in [4.78, 5) is 13.4. The van der Waals surface area contributed by atoms with Crippen molar-refractivity contribution >= 4 is 11.6 Å². The Morgan fingerprint density at radius 3 is 2.24 bits per heavy atom. The van der Waals surface area contributed by atoms with Crippen LogP contribution in [0, 0.1) is 0 Å². The Morgan fingerprint density at radius 2 is 1.59 bits per heavy atom. The first-order chi connectivity index (χ1) is 17.8. The van der Waals surface area contributed by atoms with Crippen LogP contribution < -0.4 is 5.32 Å². The number of nitrogens with zero attached hydrogens (tertiary/aromatic N) is 2. The second-order valence-corrected chi connectivity index (χ2v) is 9.59. The van der Waals surface area contributed by atoms with E-state index >= 15 is 0 Å². The van der Waals surface area contributed by atoms with Crippen molar-refractivity contribution in [2.24, 2.45) is 0 Å². The van der Waals surface area contributed by atoms with Crippen molar-refractivity contribution < 1.29 is 18.0 Å². The van der Waals surface area contributed by atoms with Gasteiger partial charge in [-0.05, 0) is 48.6 Å². The van der Waals surface area contributed by atoms with Gasteiger partial charge in [-0.2, -0.15) is 18.3 Å². The number of Topliss-reactive ketones (excluding diaryl/α,β-unsaturated/α-hetero) is 1. The third kappa shape index (κ3) is 5.31. The van der Waals surface area contributed by atoms with Gasteiger partial charge in [0.15, 0.2) is 5.78 Å². The fourth-order valence-electron chi connectivity index (χ4n) is 5.14. The summed E-state index contributed by atoms with van der Waals surface area (Å²) >= 11 is 0. The lowest BCUT2D eigenvalue weighted by Crippen LogP contribution is -2.26. The number of carbonyl (C=O) groups excluding carboxylic acids is 1. The molecule has 0 saturated carbocycles. The molecule has 0 amide bonds. The highest BCUT2D eigenvalue weighted by Crippen LogP contribution is 2.38. The number of rotatable bonds is 7. The van der Waals surface area contributed by atoms with Crippen molar-refractivity contribution in [1.29, 1.82) is 0 Å². The van der Waals surface area contributed by atoms with E-state index in [-0.39, 0.29) is 30.2 Å². The standard InChI is InChI=1S/C30H28F3N3O/c1-20-18-27(23-10-6-3-7-11-23)35-29-26(19-34-36(20)29)28(37)17-16-25(21-8-4-2-5-9-21)22-12-14-24(15-13-22)30(31,32)33/h2-15,19-20,25,27,35H,16-18H2,1H3. The van der Waals surface area contributed by atoms with Crippen LogP contribution >= 0.6 is 0 Å². The summed E-state index contributed by atoms with van der Waals surface area (Å²) in [5.74, 6) is 0.480. The van der Waals surface area contributed by atoms with E-state index < -0.39 is 11.7 Å². The highest BCUT2D eigenvalue weighted by molar-refractivity contribution is 6.00. The predicted molar refractivity (Wildman–Crippen MR) is 138 cm³/mol. The SMILES string of the molecule is CC1CC(c2ccccc2)Nc2c(C(=O)CCC(c3ccccc3)c3ccc(C(F)(F)F)cc3)cnn21. The largest absolute Gasteiger partial charge is 0.416 e. The molecule has 4 aromatic rings. The van der Waals surface area contributed by atoms with Crippen molar-refractivity contribution in [2.45, 2.75) is 50.4 Å². The number of fused-ring (bicyclic) bond motifs is 1. The molecule has 1 N–H and O–H groups in total. The van der Waals surface area contributed by atoms with E-state index in [1.54, 1.807) is 6.20 Å². The maximum atomic E-state index is 13.4. The van der Waals surface area contributed by atoms with Gasteiger partial charge in [-0.25, -0.2) is 4.68 Å². The molecular formula is C30H28F3N3O. The number of nitrogens with one attached hydrogen (secondary N) is 1. The molecule has 37 heavy (non-hydrogen) atoms. The van der Waals surface area contributed by atoms with Crippen LogP contribution in [0.3, 0.4) is 0 Å². The first-order valence-electron chi connectivity index (χ1n) is 12.5. The minimum atomic E-state index is -4.39. The number of halogens is 3. The summed E-state index contributed by atoms with van der Waals surface area (Å²) in [7, 11) is 0. The number of aromatic nitrogens is 2. The summed E-state index contributed by atoms with van der Waals surface area (Å²) < 4.78 is 41.2. The number of anilines is 1. The Labute approximate surface area is 214 Å². The zero-order chi connectivity index (χ0) is 26.0. The fourth-order valence-corrected chi connectivity index (χ4v) is 5.14. The smallest absolute Gasteiger partial charge is 0.363 e. The molecule has 3 atom stereocenters. The number of ketones is 1. The summed E-state index contributed by atoms with van der Waals surface area (Å²) in [6.07, 6.45) is -1.19. The number of benzene rings is 3. The van der Waals surface area contributed by atoms with Gasteiger partial charge in [-0.3, -0.25) is 4.79 Å². The van der Waals surface area contributed by atoms with E-state index in [9.17, 15) is 18.0 Å². The zero-order valence-electron chi connectivity index (χ0n) is 20.5. The maximum Gasteiger partial charge on any atom is 0.416 e. The lowest BCUT2D eigenvalue weighted by molar-refractivity contribution is -0.137. The number of hydrogen-bond donors (Lipinski definition) is 1. The van der Waals surface area contributed by atoms with Crippen molar-refractivity contribution in [2.75, 3.05) is 5.32 Å². The molecule has 1 aliphatic heterocycles. The predicted octanol–water partition coefficient (Wildman–Crippen LogP) is 7.81. The molecule has 1 aromatic heterocycles. The molecule has 2 heterocycles. The lowest BCUT2D eigenvalue weighted by atomic mass is 9.86. The first kappa shape index (κ1) is 24.8. The van der Waals surface area contributed by atoms with Gasteiger partial charge in [0.25, 0.3) is 0 Å². The van der Waals surface area contributed by atoms with Gasteiger partial charge in [0.1, 0.15) is 5.82 Å². The fraction of sp³-hybridized carbons (Fsp3) is 0.267. The average Bonchev–Trinajstić information content (AvgIpc) is 3.34. The minimum Gasteiger partial charge on any atom is -0.363 e. The van der Waals surface area contributed by atoms with Crippen molar-refractivity contribution in [1.82, 2.24) is 9.78 Å². The number of hydrogen-bond acceptors (Lipinski definition) is 3. The van der Waals surface area contributed by atoms with E-state index in [0.717, 1.165) is 41.1 Å². The lowest BCUT2D eigenvalue weighted by Gasteiger charge is -2.31. The molecule has 0 radical (unpaired) electrons. The van der Waals surface area contributed by atoms with Crippen LogP contribution in [0.5, 0.6) is 0 Å². The molecule has 0 fully saturated rings. The Hall–Kier alpha value is -3.87. The van der Waals surface area contributed by atoms with Gasteiger partial charge in [0.05, 0.1) is 29.4 Å². The highest BCUT2D eigenvalue weighted by Gasteiger charge is 2.31. The molecule has 1 aliphatic rings. The van der Waals surface area contributed by atoms with Gasteiger partial charge in [-0.15, -0.1) is 0 Å². The molecule has 0 aliphatic carbocycles. The Bertz CT molecular complexity index is 1350. The second-order valence-electron chi connectivity index (χ2n) is 9.59.